The van der Waals surface area contributed by atoms with Gasteiger partial charge in [0.25, 0.3) is 5.91 Å². The van der Waals surface area contributed by atoms with E-state index in [0.717, 1.165) is 11.1 Å². The molecular weight excluding hydrogens is 328 g/mol. The van der Waals surface area contributed by atoms with Gasteiger partial charge in [-0.05, 0) is 42.7 Å². The minimum atomic E-state index is -0.653. The Morgan fingerprint density at radius 3 is 2.35 bits per heavy atom. The highest BCUT2D eigenvalue weighted by Crippen LogP contribution is 2.41. The number of carbonyl (C=O) groups excluding carboxylic acids is 2. The molecule has 134 valence electrons. The Hall–Kier alpha value is -2.95. The van der Waals surface area contributed by atoms with Crippen molar-refractivity contribution in [2.75, 3.05) is 4.90 Å². The largest absolute Gasteiger partial charge is 0.503 e. The molecular formula is C21H22N2O3. The average Bonchev–Trinajstić information content (AvgIpc) is 2.88. The molecule has 0 radical (unpaired) electrons. The quantitative estimate of drug-likeness (QED) is 0.888. The molecule has 1 aromatic heterocycles. The molecule has 1 unspecified atom stereocenters. The van der Waals surface area contributed by atoms with Crippen molar-refractivity contribution in [3.8, 4) is 0 Å². The highest BCUT2D eigenvalue weighted by Gasteiger charge is 2.44. The molecule has 1 aromatic carbocycles. The van der Waals surface area contributed by atoms with Crippen LogP contribution in [0.1, 0.15) is 37.4 Å². The summed E-state index contributed by atoms with van der Waals surface area (Å²) in [5, 5.41) is 10.5. The third-order valence-corrected chi connectivity index (χ3v) is 4.44. The van der Waals surface area contributed by atoms with Gasteiger partial charge >= 0.3 is 0 Å². The fourth-order valence-electron chi connectivity index (χ4n) is 3.20. The normalized spacial score (nSPS) is 17.3. The number of rotatable bonds is 5. The minimum absolute atomic E-state index is 0.129. The number of Topliss-reactive ketones (excluding diaryl/α,β-unsaturated/α-hetero) is 1. The van der Waals surface area contributed by atoms with Crippen LogP contribution in [0.25, 0.3) is 0 Å². The fraction of sp³-hybridized carbons (Fsp3) is 0.286. The molecule has 0 fully saturated rings. The highest BCUT2D eigenvalue weighted by molar-refractivity contribution is 6.16. The van der Waals surface area contributed by atoms with Crippen LogP contribution in [0.4, 0.5) is 5.69 Å². The zero-order chi connectivity index (χ0) is 18.8. The van der Waals surface area contributed by atoms with Gasteiger partial charge in [-0.2, -0.15) is 0 Å². The molecule has 1 amide bonds. The standard InChI is InChI=1S/C21H22N2O3/c1-13(2)12-17(24)18-19(15-8-10-22-11-9-15)23(21(26)20(18)25)16-6-4-14(3)5-7-16/h4-11,13,19,25H,12H2,1-3H3. The van der Waals surface area contributed by atoms with E-state index in [1.54, 1.807) is 24.5 Å². The molecule has 26 heavy (non-hydrogen) atoms. The lowest BCUT2D eigenvalue weighted by Gasteiger charge is -2.27. The van der Waals surface area contributed by atoms with Crippen molar-refractivity contribution in [3.63, 3.8) is 0 Å². The smallest absolute Gasteiger partial charge is 0.294 e. The van der Waals surface area contributed by atoms with Crippen molar-refractivity contribution in [3.05, 3.63) is 71.3 Å². The van der Waals surface area contributed by atoms with Gasteiger partial charge in [0.2, 0.25) is 0 Å². The number of aromatic nitrogens is 1. The summed E-state index contributed by atoms with van der Waals surface area (Å²) in [4.78, 5) is 31.1. The molecule has 0 saturated heterocycles. The second-order valence-corrected chi connectivity index (χ2v) is 6.98. The van der Waals surface area contributed by atoms with Gasteiger partial charge in [-0.15, -0.1) is 0 Å². The summed E-state index contributed by atoms with van der Waals surface area (Å²) in [6, 6.07) is 10.3. The number of aliphatic hydroxyl groups excluding tert-OH is 1. The molecule has 1 aliphatic heterocycles. The maximum absolute atomic E-state index is 12.8. The summed E-state index contributed by atoms with van der Waals surface area (Å²) in [5.74, 6) is -1.09. The number of carbonyl (C=O) groups is 2. The highest BCUT2D eigenvalue weighted by atomic mass is 16.3. The van der Waals surface area contributed by atoms with Gasteiger partial charge in [0.15, 0.2) is 11.5 Å². The van der Waals surface area contributed by atoms with Crippen molar-refractivity contribution in [2.45, 2.75) is 33.2 Å². The van der Waals surface area contributed by atoms with Gasteiger partial charge in [0, 0.05) is 24.5 Å². The third-order valence-electron chi connectivity index (χ3n) is 4.44. The maximum atomic E-state index is 12.8. The summed E-state index contributed by atoms with van der Waals surface area (Å²) >= 11 is 0. The lowest BCUT2D eigenvalue weighted by atomic mass is 9.92. The van der Waals surface area contributed by atoms with E-state index in [2.05, 4.69) is 4.98 Å². The van der Waals surface area contributed by atoms with E-state index in [1.807, 2.05) is 45.0 Å². The molecule has 2 aromatic rings. The Balaban J connectivity index is 2.12. The summed E-state index contributed by atoms with van der Waals surface area (Å²) < 4.78 is 0. The first kappa shape index (κ1) is 17.9. The Bertz CT molecular complexity index is 855. The summed E-state index contributed by atoms with van der Waals surface area (Å²) in [7, 11) is 0. The van der Waals surface area contributed by atoms with E-state index in [9.17, 15) is 14.7 Å². The van der Waals surface area contributed by atoms with E-state index in [-0.39, 0.29) is 23.7 Å². The second-order valence-electron chi connectivity index (χ2n) is 6.98. The van der Waals surface area contributed by atoms with Crippen LogP contribution in [0.15, 0.2) is 60.1 Å². The first-order valence-corrected chi connectivity index (χ1v) is 8.66. The second kappa shape index (κ2) is 7.12. The Morgan fingerprint density at radius 2 is 1.77 bits per heavy atom. The van der Waals surface area contributed by atoms with Crippen molar-refractivity contribution in [1.82, 2.24) is 4.98 Å². The van der Waals surface area contributed by atoms with Gasteiger partial charge in [-0.1, -0.05) is 31.5 Å². The first-order valence-electron chi connectivity index (χ1n) is 8.66. The molecule has 5 heteroatoms. The maximum Gasteiger partial charge on any atom is 0.294 e. The van der Waals surface area contributed by atoms with Crippen LogP contribution >= 0.6 is 0 Å². The van der Waals surface area contributed by atoms with E-state index in [1.165, 1.54) is 4.90 Å². The monoisotopic (exact) mass is 350 g/mol. The molecule has 1 atom stereocenters. The summed E-state index contributed by atoms with van der Waals surface area (Å²) in [6.45, 7) is 5.83. The van der Waals surface area contributed by atoms with Gasteiger partial charge in [-0.3, -0.25) is 19.5 Å². The molecule has 0 bridgehead atoms. The Labute approximate surface area is 153 Å². The summed E-state index contributed by atoms with van der Waals surface area (Å²) in [6.07, 6.45) is 3.51. The van der Waals surface area contributed by atoms with Crippen LogP contribution in [0, 0.1) is 12.8 Å². The number of aryl methyl sites for hydroxylation is 1. The molecule has 2 heterocycles. The van der Waals surface area contributed by atoms with Crippen LogP contribution < -0.4 is 4.90 Å². The molecule has 1 aliphatic rings. The number of anilines is 1. The Kier molecular flexibility index (Phi) is 4.89. The molecule has 3 rings (SSSR count). The number of ketones is 1. The van der Waals surface area contributed by atoms with Crippen molar-refractivity contribution < 1.29 is 14.7 Å². The van der Waals surface area contributed by atoms with Crippen molar-refractivity contribution >= 4 is 17.4 Å². The van der Waals surface area contributed by atoms with E-state index in [4.69, 9.17) is 0 Å². The van der Waals surface area contributed by atoms with Crippen molar-refractivity contribution in [2.24, 2.45) is 5.92 Å². The first-order chi connectivity index (χ1) is 12.4. The number of aliphatic hydroxyl groups is 1. The number of pyridine rings is 1. The molecule has 5 nitrogen and oxygen atoms in total. The zero-order valence-electron chi connectivity index (χ0n) is 15.1. The topological polar surface area (TPSA) is 70.5 Å². The van der Waals surface area contributed by atoms with E-state index >= 15 is 0 Å². The zero-order valence-corrected chi connectivity index (χ0v) is 15.1. The predicted octanol–water partition coefficient (Wildman–Crippen LogP) is 3.91. The third kappa shape index (κ3) is 3.25. The molecule has 0 saturated carbocycles. The van der Waals surface area contributed by atoms with Gasteiger partial charge < -0.3 is 5.11 Å². The number of nitrogens with zero attached hydrogens (tertiary/aromatic N) is 2. The average molecular weight is 350 g/mol. The van der Waals surface area contributed by atoms with Gasteiger partial charge in [0.1, 0.15) is 0 Å². The number of amides is 1. The van der Waals surface area contributed by atoms with Gasteiger partial charge in [-0.25, -0.2) is 0 Å². The predicted molar refractivity (Wildman–Crippen MR) is 99.8 cm³/mol. The van der Waals surface area contributed by atoms with Crippen LogP contribution in [-0.4, -0.2) is 21.8 Å². The molecule has 1 N–H and O–H groups in total. The van der Waals surface area contributed by atoms with Crippen LogP contribution in [0.3, 0.4) is 0 Å². The van der Waals surface area contributed by atoms with E-state index in [0.29, 0.717) is 5.69 Å². The number of benzene rings is 1. The number of hydrogen-bond acceptors (Lipinski definition) is 4. The number of hydrogen-bond donors (Lipinski definition) is 1. The lowest BCUT2D eigenvalue weighted by Crippen LogP contribution is -2.31. The Morgan fingerprint density at radius 1 is 1.15 bits per heavy atom. The molecule has 0 spiro atoms. The SMILES string of the molecule is Cc1ccc(N2C(=O)C(O)=C(C(=O)CC(C)C)C2c2ccncc2)cc1. The minimum Gasteiger partial charge on any atom is -0.503 e. The molecule has 0 aliphatic carbocycles. The lowest BCUT2D eigenvalue weighted by molar-refractivity contribution is -0.118. The van der Waals surface area contributed by atoms with Crippen LogP contribution in [0.5, 0.6) is 0 Å². The van der Waals surface area contributed by atoms with Crippen molar-refractivity contribution in [1.29, 1.82) is 0 Å². The van der Waals surface area contributed by atoms with Gasteiger partial charge in [0.05, 0.1) is 11.6 Å². The van der Waals surface area contributed by atoms with Crippen LogP contribution in [-0.2, 0) is 9.59 Å². The van der Waals surface area contributed by atoms with Crippen LogP contribution in [0.2, 0.25) is 0 Å². The van der Waals surface area contributed by atoms with E-state index < -0.39 is 17.7 Å². The fourth-order valence-corrected chi connectivity index (χ4v) is 3.20. The summed E-state index contributed by atoms with van der Waals surface area (Å²) in [5.41, 5.74) is 2.61.